The second-order valence-corrected chi connectivity index (χ2v) is 3.54. The van der Waals surface area contributed by atoms with Crippen LogP contribution in [0.1, 0.15) is 10.4 Å². The lowest BCUT2D eigenvalue weighted by molar-refractivity contribution is -0.0756. The van der Waals surface area contributed by atoms with E-state index in [1.807, 2.05) is 0 Å². The highest BCUT2D eigenvalue weighted by Gasteiger charge is 2.17. The molecule has 0 aliphatic heterocycles. The fraction of sp³-hybridized carbons (Fsp3) is 0.200. The molecule has 0 aliphatic rings. The number of nitrogens with zero attached hydrogens (tertiary/aromatic N) is 1. The number of rotatable bonds is 3. The molecule has 1 aromatic carbocycles. The van der Waals surface area contributed by atoms with Gasteiger partial charge in [-0.05, 0) is 18.2 Å². The number of nitrogens with one attached hydrogen (secondary N) is 1. The van der Waals surface area contributed by atoms with Crippen LogP contribution in [0.3, 0.4) is 0 Å². The first-order valence-corrected chi connectivity index (χ1v) is 4.95. The van der Waals surface area contributed by atoms with Crippen LogP contribution in [0.4, 0.5) is 10.5 Å². The summed E-state index contributed by atoms with van der Waals surface area (Å²) in [5, 5.41) is 12.1. The van der Waals surface area contributed by atoms with Gasteiger partial charge in [0, 0.05) is 12.1 Å². The number of halogens is 1. The van der Waals surface area contributed by atoms with E-state index in [2.05, 4.69) is 5.32 Å². The number of carboxylic acid groups (broad SMARTS) is 1. The lowest BCUT2D eigenvalue weighted by Gasteiger charge is -2.16. The SMILES string of the molecule is CON(C)C(=O)c1ccc(Cl)cc1NC(=O)O. The normalized spacial score (nSPS) is 9.82. The van der Waals surface area contributed by atoms with Crippen molar-refractivity contribution in [3.63, 3.8) is 0 Å². The molecule has 0 heterocycles. The Hall–Kier alpha value is -1.79. The summed E-state index contributed by atoms with van der Waals surface area (Å²) >= 11 is 5.73. The quantitative estimate of drug-likeness (QED) is 0.814. The molecule has 0 radical (unpaired) electrons. The first-order valence-electron chi connectivity index (χ1n) is 4.57. The molecule has 0 aliphatic carbocycles. The van der Waals surface area contributed by atoms with Crippen molar-refractivity contribution in [2.75, 3.05) is 19.5 Å². The second-order valence-electron chi connectivity index (χ2n) is 3.11. The third-order valence-electron chi connectivity index (χ3n) is 2.01. The minimum absolute atomic E-state index is 0.110. The smallest absolute Gasteiger partial charge is 0.409 e. The molecule has 0 saturated heterocycles. The number of carbonyl (C=O) groups excluding carboxylic acids is 1. The number of hydrogen-bond acceptors (Lipinski definition) is 3. The maximum Gasteiger partial charge on any atom is 0.409 e. The van der Waals surface area contributed by atoms with Crippen molar-refractivity contribution in [3.8, 4) is 0 Å². The summed E-state index contributed by atoms with van der Waals surface area (Å²) < 4.78 is 0. The van der Waals surface area contributed by atoms with Crippen LogP contribution >= 0.6 is 11.6 Å². The Bertz CT molecular complexity index is 450. The Morgan fingerprint density at radius 3 is 2.65 bits per heavy atom. The third kappa shape index (κ3) is 3.33. The minimum atomic E-state index is -1.28. The van der Waals surface area contributed by atoms with Crippen molar-refractivity contribution in [1.82, 2.24) is 5.06 Å². The lowest BCUT2D eigenvalue weighted by Crippen LogP contribution is -2.26. The van der Waals surface area contributed by atoms with E-state index in [0.717, 1.165) is 5.06 Å². The number of anilines is 1. The van der Waals surface area contributed by atoms with E-state index >= 15 is 0 Å². The Morgan fingerprint density at radius 1 is 1.47 bits per heavy atom. The molecule has 1 rings (SSSR count). The molecule has 1 aromatic rings. The van der Waals surface area contributed by atoms with Crippen LogP contribution in [-0.4, -0.2) is 36.3 Å². The van der Waals surface area contributed by atoms with Crippen LogP contribution in [0, 0.1) is 0 Å². The van der Waals surface area contributed by atoms with Crippen LogP contribution in [0.25, 0.3) is 0 Å². The number of hydroxylamine groups is 2. The maximum atomic E-state index is 11.8. The Balaban J connectivity index is 3.13. The van der Waals surface area contributed by atoms with Gasteiger partial charge in [-0.15, -0.1) is 0 Å². The second kappa shape index (κ2) is 5.51. The first-order chi connectivity index (χ1) is 7.95. The Labute approximate surface area is 103 Å². The van der Waals surface area contributed by atoms with Crippen LogP contribution < -0.4 is 5.32 Å². The van der Waals surface area contributed by atoms with Crippen LogP contribution in [-0.2, 0) is 4.84 Å². The van der Waals surface area contributed by atoms with Crippen molar-refractivity contribution in [1.29, 1.82) is 0 Å². The van der Waals surface area contributed by atoms with Crippen molar-refractivity contribution >= 4 is 29.3 Å². The number of carbonyl (C=O) groups is 2. The predicted molar refractivity (Wildman–Crippen MR) is 62.2 cm³/mol. The number of benzene rings is 1. The van der Waals surface area contributed by atoms with Gasteiger partial charge in [-0.25, -0.2) is 9.86 Å². The van der Waals surface area contributed by atoms with Crippen molar-refractivity contribution in [2.24, 2.45) is 0 Å². The van der Waals surface area contributed by atoms with E-state index in [0.29, 0.717) is 5.02 Å². The van der Waals surface area contributed by atoms with Gasteiger partial charge in [-0.3, -0.25) is 14.9 Å². The van der Waals surface area contributed by atoms with Crippen LogP contribution in [0.15, 0.2) is 18.2 Å². The van der Waals surface area contributed by atoms with Gasteiger partial charge in [0.15, 0.2) is 0 Å². The van der Waals surface area contributed by atoms with Gasteiger partial charge in [-0.2, -0.15) is 0 Å². The molecule has 0 spiro atoms. The summed E-state index contributed by atoms with van der Waals surface area (Å²) in [6.07, 6.45) is -1.28. The average molecular weight is 259 g/mol. The summed E-state index contributed by atoms with van der Waals surface area (Å²) in [5.41, 5.74) is 0.264. The lowest BCUT2D eigenvalue weighted by atomic mass is 10.1. The topological polar surface area (TPSA) is 78.9 Å². The maximum absolute atomic E-state index is 11.8. The Kier molecular flexibility index (Phi) is 4.30. The molecule has 6 nitrogen and oxygen atoms in total. The zero-order chi connectivity index (χ0) is 13.0. The van der Waals surface area contributed by atoms with Crippen molar-refractivity contribution in [2.45, 2.75) is 0 Å². The van der Waals surface area contributed by atoms with E-state index in [9.17, 15) is 9.59 Å². The van der Waals surface area contributed by atoms with Gasteiger partial charge in [0.25, 0.3) is 5.91 Å². The molecular formula is C10H11ClN2O4. The average Bonchev–Trinajstić information content (AvgIpc) is 2.26. The molecule has 2 N–H and O–H groups in total. The highest BCUT2D eigenvalue weighted by atomic mass is 35.5. The highest BCUT2D eigenvalue weighted by molar-refractivity contribution is 6.31. The monoisotopic (exact) mass is 258 g/mol. The van der Waals surface area contributed by atoms with E-state index in [1.165, 1.54) is 32.4 Å². The van der Waals surface area contributed by atoms with Crippen LogP contribution in [0.5, 0.6) is 0 Å². The largest absolute Gasteiger partial charge is 0.465 e. The van der Waals surface area contributed by atoms with Crippen molar-refractivity contribution in [3.05, 3.63) is 28.8 Å². The molecule has 0 aromatic heterocycles. The Morgan fingerprint density at radius 2 is 2.12 bits per heavy atom. The van der Waals surface area contributed by atoms with Gasteiger partial charge in [0.1, 0.15) is 0 Å². The molecule has 0 bridgehead atoms. The molecule has 7 heteroatoms. The summed E-state index contributed by atoms with van der Waals surface area (Å²) in [6.45, 7) is 0. The molecule has 17 heavy (non-hydrogen) atoms. The van der Waals surface area contributed by atoms with Gasteiger partial charge in [-0.1, -0.05) is 11.6 Å². The third-order valence-corrected chi connectivity index (χ3v) is 2.25. The predicted octanol–water partition coefficient (Wildman–Crippen LogP) is 2.06. The summed E-state index contributed by atoms with van der Waals surface area (Å²) in [6, 6.07) is 4.27. The van der Waals surface area contributed by atoms with Gasteiger partial charge < -0.3 is 5.11 Å². The van der Waals surface area contributed by atoms with Gasteiger partial charge >= 0.3 is 6.09 Å². The fourth-order valence-corrected chi connectivity index (χ4v) is 1.35. The molecule has 0 fully saturated rings. The molecule has 0 unspecified atom stereocenters. The van der Waals surface area contributed by atoms with Crippen LogP contribution in [0.2, 0.25) is 5.02 Å². The zero-order valence-electron chi connectivity index (χ0n) is 9.23. The minimum Gasteiger partial charge on any atom is -0.465 e. The van der Waals surface area contributed by atoms with Gasteiger partial charge in [0.05, 0.1) is 18.4 Å². The number of hydrogen-bond donors (Lipinski definition) is 2. The first kappa shape index (κ1) is 13.3. The van der Waals surface area contributed by atoms with E-state index < -0.39 is 12.0 Å². The summed E-state index contributed by atoms with van der Waals surface area (Å²) in [4.78, 5) is 27.1. The summed E-state index contributed by atoms with van der Waals surface area (Å²) in [7, 11) is 2.75. The van der Waals surface area contributed by atoms with E-state index in [1.54, 1.807) is 0 Å². The zero-order valence-corrected chi connectivity index (χ0v) is 9.99. The van der Waals surface area contributed by atoms with E-state index in [4.69, 9.17) is 21.5 Å². The van der Waals surface area contributed by atoms with Crippen molar-refractivity contribution < 1.29 is 19.5 Å². The van der Waals surface area contributed by atoms with E-state index in [-0.39, 0.29) is 11.3 Å². The molecule has 2 amide bonds. The fourth-order valence-electron chi connectivity index (χ4n) is 1.17. The number of amides is 2. The molecular weight excluding hydrogens is 248 g/mol. The molecule has 0 saturated carbocycles. The molecule has 0 atom stereocenters. The highest BCUT2D eigenvalue weighted by Crippen LogP contribution is 2.22. The standard InChI is InChI=1S/C10H11ClN2O4/c1-13(17-2)9(14)7-4-3-6(11)5-8(7)12-10(15)16/h3-5,12H,1-2H3,(H,15,16). The van der Waals surface area contributed by atoms with Gasteiger partial charge in [0.2, 0.25) is 0 Å². The summed E-state index contributed by atoms with van der Waals surface area (Å²) in [5.74, 6) is -0.479. The molecule has 92 valence electrons.